The molecule has 0 saturated heterocycles. The molecule has 1 aromatic heterocycles. The highest BCUT2D eigenvalue weighted by atomic mass is 16.4. The van der Waals surface area contributed by atoms with Crippen LogP contribution in [0.25, 0.3) is 11.1 Å². The van der Waals surface area contributed by atoms with Gasteiger partial charge < -0.3 is 20.6 Å². The number of nitrogens with zero attached hydrogens (tertiary/aromatic N) is 1. The molecule has 0 saturated carbocycles. The molecule has 0 fully saturated rings. The second-order valence-corrected chi connectivity index (χ2v) is 3.22. The number of para-hydroxylation sites is 1. The number of aromatic nitrogens is 1. The van der Waals surface area contributed by atoms with Gasteiger partial charge in [0.05, 0.1) is 5.69 Å². The number of benzene rings is 1. The fourth-order valence-corrected chi connectivity index (χ4v) is 1.32. The van der Waals surface area contributed by atoms with Crippen LogP contribution in [0.2, 0.25) is 0 Å². The van der Waals surface area contributed by atoms with Gasteiger partial charge in [-0.1, -0.05) is 6.07 Å². The van der Waals surface area contributed by atoms with E-state index in [1.807, 2.05) is 12.1 Å². The first-order valence-electron chi connectivity index (χ1n) is 4.81. The van der Waals surface area contributed by atoms with Crippen molar-refractivity contribution in [2.45, 2.75) is 6.42 Å². The average molecular weight is 207 g/mol. The van der Waals surface area contributed by atoms with Crippen LogP contribution in [0.5, 0.6) is 0 Å². The molecule has 15 heavy (non-hydrogen) atoms. The van der Waals surface area contributed by atoms with Crippen LogP contribution < -0.4 is 11.1 Å². The van der Waals surface area contributed by atoms with Crippen LogP contribution in [-0.4, -0.2) is 23.2 Å². The summed E-state index contributed by atoms with van der Waals surface area (Å²) in [6.45, 7) is 0.776. The lowest BCUT2D eigenvalue weighted by atomic mass is 10.3. The van der Waals surface area contributed by atoms with Gasteiger partial charge in [-0.25, -0.2) is 0 Å². The molecule has 0 atom stereocenters. The van der Waals surface area contributed by atoms with Gasteiger partial charge in [0.2, 0.25) is 0 Å². The zero-order valence-electron chi connectivity index (χ0n) is 8.23. The molecule has 1 aromatic carbocycles. The van der Waals surface area contributed by atoms with Crippen molar-refractivity contribution in [2.75, 3.05) is 24.2 Å². The van der Waals surface area contributed by atoms with Crippen molar-refractivity contribution in [2.24, 2.45) is 0 Å². The molecule has 1 heterocycles. The summed E-state index contributed by atoms with van der Waals surface area (Å²) in [6, 6.07) is 5.86. The van der Waals surface area contributed by atoms with E-state index in [2.05, 4.69) is 10.3 Å². The average Bonchev–Trinajstić information content (AvgIpc) is 2.63. The topological polar surface area (TPSA) is 84.3 Å². The lowest BCUT2D eigenvalue weighted by Gasteiger charge is -1.97. The van der Waals surface area contributed by atoms with Crippen molar-refractivity contribution in [3.8, 4) is 0 Å². The molecule has 0 aliphatic heterocycles. The summed E-state index contributed by atoms with van der Waals surface area (Å²) >= 11 is 0. The van der Waals surface area contributed by atoms with Gasteiger partial charge in [0.1, 0.15) is 5.52 Å². The summed E-state index contributed by atoms with van der Waals surface area (Å²) in [4.78, 5) is 4.20. The SMILES string of the molecule is Nc1cccc2oc(NCCCO)nc12. The number of nitrogens with two attached hydrogens (primary N) is 1. The normalized spacial score (nSPS) is 10.7. The molecule has 5 nitrogen and oxygen atoms in total. The van der Waals surface area contributed by atoms with Crippen LogP contribution in [0, 0.1) is 0 Å². The maximum Gasteiger partial charge on any atom is 0.295 e. The first kappa shape index (κ1) is 9.79. The van der Waals surface area contributed by atoms with Gasteiger partial charge in [0, 0.05) is 13.2 Å². The lowest BCUT2D eigenvalue weighted by Crippen LogP contribution is -2.03. The zero-order chi connectivity index (χ0) is 10.7. The number of fused-ring (bicyclic) bond motifs is 1. The van der Waals surface area contributed by atoms with E-state index in [0.717, 1.165) is 0 Å². The zero-order valence-corrected chi connectivity index (χ0v) is 8.23. The van der Waals surface area contributed by atoms with E-state index in [1.54, 1.807) is 6.07 Å². The minimum atomic E-state index is 0.148. The number of hydrogen-bond acceptors (Lipinski definition) is 5. The highest BCUT2D eigenvalue weighted by molar-refractivity contribution is 5.86. The molecule has 0 bridgehead atoms. The molecule has 0 aliphatic rings. The summed E-state index contributed by atoms with van der Waals surface area (Å²) in [5.41, 5.74) is 7.68. The molecule has 2 aromatic rings. The Balaban J connectivity index is 2.20. The van der Waals surface area contributed by atoms with E-state index in [1.165, 1.54) is 0 Å². The van der Waals surface area contributed by atoms with Gasteiger partial charge in [0.15, 0.2) is 5.58 Å². The number of nitrogen functional groups attached to an aromatic ring is 1. The predicted octanol–water partition coefficient (Wildman–Crippen LogP) is 1.20. The molecule has 0 radical (unpaired) electrons. The van der Waals surface area contributed by atoms with Gasteiger partial charge in [-0.3, -0.25) is 0 Å². The van der Waals surface area contributed by atoms with Crippen LogP contribution >= 0.6 is 0 Å². The maximum atomic E-state index is 8.62. The Bertz CT molecular complexity index is 453. The number of aliphatic hydroxyl groups is 1. The highest BCUT2D eigenvalue weighted by Crippen LogP contribution is 2.23. The van der Waals surface area contributed by atoms with Gasteiger partial charge in [-0.15, -0.1) is 0 Å². The molecule has 0 unspecified atom stereocenters. The van der Waals surface area contributed by atoms with Crippen LogP contribution in [-0.2, 0) is 0 Å². The van der Waals surface area contributed by atoms with Crippen molar-refractivity contribution in [1.82, 2.24) is 4.98 Å². The molecule has 2 rings (SSSR count). The monoisotopic (exact) mass is 207 g/mol. The first-order valence-corrected chi connectivity index (χ1v) is 4.81. The lowest BCUT2D eigenvalue weighted by molar-refractivity contribution is 0.292. The van der Waals surface area contributed by atoms with Crippen molar-refractivity contribution < 1.29 is 9.52 Å². The van der Waals surface area contributed by atoms with E-state index in [-0.39, 0.29) is 6.61 Å². The molecular formula is C10H13N3O2. The van der Waals surface area contributed by atoms with Gasteiger partial charge in [0.25, 0.3) is 6.01 Å². The van der Waals surface area contributed by atoms with Crippen molar-refractivity contribution in [1.29, 1.82) is 0 Å². The Morgan fingerprint density at radius 1 is 1.47 bits per heavy atom. The van der Waals surface area contributed by atoms with Crippen molar-refractivity contribution >= 4 is 22.8 Å². The number of hydrogen-bond donors (Lipinski definition) is 3. The predicted molar refractivity (Wildman–Crippen MR) is 58.6 cm³/mol. The Hall–Kier alpha value is -1.75. The summed E-state index contributed by atoms with van der Waals surface area (Å²) in [5.74, 6) is 0. The third-order valence-electron chi connectivity index (χ3n) is 2.06. The smallest absolute Gasteiger partial charge is 0.295 e. The largest absolute Gasteiger partial charge is 0.423 e. The molecule has 4 N–H and O–H groups in total. The first-order chi connectivity index (χ1) is 7.31. The van der Waals surface area contributed by atoms with E-state index in [9.17, 15) is 0 Å². The maximum absolute atomic E-state index is 8.62. The summed E-state index contributed by atoms with van der Waals surface area (Å²) < 4.78 is 5.41. The Labute approximate surface area is 86.9 Å². The molecule has 0 spiro atoms. The number of anilines is 2. The molecule has 80 valence electrons. The van der Waals surface area contributed by atoms with Gasteiger partial charge >= 0.3 is 0 Å². The third kappa shape index (κ3) is 2.02. The van der Waals surface area contributed by atoms with Crippen molar-refractivity contribution in [3.63, 3.8) is 0 Å². The standard InChI is InChI=1S/C10H13N3O2/c11-7-3-1-4-8-9(7)13-10(15-8)12-5-2-6-14/h1,3-4,14H,2,5-6,11H2,(H,12,13). The number of nitrogens with one attached hydrogen (secondary N) is 1. The molecule has 0 amide bonds. The van der Waals surface area contributed by atoms with Crippen LogP contribution in [0.3, 0.4) is 0 Å². The molecule has 0 aliphatic carbocycles. The van der Waals surface area contributed by atoms with Gasteiger partial charge in [-0.2, -0.15) is 4.98 Å². The van der Waals surface area contributed by atoms with Gasteiger partial charge in [-0.05, 0) is 18.6 Å². The minimum Gasteiger partial charge on any atom is -0.423 e. The van der Waals surface area contributed by atoms with Crippen LogP contribution in [0.15, 0.2) is 22.6 Å². The molecule has 5 heteroatoms. The summed E-state index contributed by atoms with van der Waals surface area (Å²) in [5, 5.41) is 11.6. The highest BCUT2D eigenvalue weighted by Gasteiger charge is 2.06. The summed E-state index contributed by atoms with van der Waals surface area (Å²) in [7, 11) is 0. The van der Waals surface area contributed by atoms with E-state index in [4.69, 9.17) is 15.3 Å². The molecular weight excluding hydrogens is 194 g/mol. The summed E-state index contributed by atoms with van der Waals surface area (Å²) in [6.07, 6.45) is 0.661. The Kier molecular flexibility index (Phi) is 2.73. The quantitative estimate of drug-likeness (QED) is 0.518. The fourth-order valence-electron chi connectivity index (χ4n) is 1.32. The fraction of sp³-hybridized carbons (Fsp3) is 0.300. The van der Waals surface area contributed by atoms with E-state index >= 15 is 0 Å². The Morgan fingerprint density at radius 2 is 2.33 bits per heavy atom. The number of rotatable bonds is 4. The number of aliphatic hydroxyl groups excluding tert-OH is 1. The van der Waals surface area contributed by atoms with E-state index in [0.29, 0.717) is 35.8 Å². The van der Waals surface area contributed by atoms with Crippen LogP contribution in [0.1, 0.15) is 6.42 Å². The second kappa shape index (κ2) is 4.18. The van der Waals surface area contributed by atoms with Crippen LogP contribution in [0.4, 0.5) is 11.7 Å². The van der Waals surface area contributed by atoms with Crippen molar-refractivity contribution in [3.05, 3.63) is 18.2 Å². The number of oxazole rings is 1. The van der Waals surface area contributed by atoms with E-state index < -0.39 is 0 Å². The Morgan fingerprint density at radius 3 is 3.07 bits per heavy atom. The third-order valence-corrected chi connectivity index (χ3v) is 2.06. The minimum absolute atomic E-state index is 0.148. The second-order valence-electron chi connectivity index (χ2n) is 3.22.